The van der Waals surface area contributed by atoms with Gasteiger partial charge in [-0.1, -0.05) is 18.9 Å². The molecule has 1 aromatic carbocycles. The van der Waals surface area contributed by atoms with Crippen LogP contribution in [0.15, 0.2) is 42.9 Å². The number of nitrogens with one attached hydrogen (secondary N) is 1. The average Bonchev–Trinajstić information content (AvgIpc) is 3.25. The van der Waals surface area contributed by atoms with Crippen LogP contribution in [0.4, 0.5) is 0 Å². The topological polar surface area (TPSA) is 59.8 Å². The van der Waals surface area contributed by atoms with Gasteiger partial charge in [0.15, 0.2) is 5.65 Å². The van der Waals surface area contributed by atoms with E-state index in [1.54, 1.807) is 12.5 Å². The smallest absolute Gasteiger partial charge is 0.251 e. The summed E-state index contributed by atoms with van der Waals surface area (Å²) in [5.41, 5.74) is 4.35. The Hall–Kier alpha value is -2.69. The number of carbonyl (C=O) groups excluding carboxylic acids is 1. The first kappa shape index (κ1) is 14.9. The van der Waals surface area contributed by atoms with Gasteiger partial charge in [-0.05, 0) is 49.6 Å². The minimum Gasteiger partial charge on any atom is -0.349 e. The molecule has 0 bridgehead atoms. The predicted molar refractivity (Wildman–Crippen MR) is 93.3 cm³/mol. The molecule has 0 aliphatic heterocycles. The van der Waals surface area contributed by atoms with Crippen molar-refractivity contribution in [2.45, 2.75) is 38.6 Å². The number of benzene rings is 1. The second-order valence-electron chi connectivity index (χ2n) is 6.42. The maximum atomic E-state index is 12.5. The lowest BCUT2D eigenvalue weighted by Gasteiger charge is -2.14. The molecule has 5 nitrogen and oxygen atoms in total. The van der Waals surface area contributed by atoms with Gasteiger partial charge in [0.25, 0.3) is 5.91 Å². The summed E-state index contributed by atoms with van der Waals surface area (Å²) in [5, 5.41) is 3.14. The molecule has 1 aliphatic rings. The van der Waals surface area contributed by atoms with Crippen molar-refractivity contribution in [3.63, 3.8) is 0 Å². The number of hydrogen-bond acceptors (Lipinski definition) is 3. The molecule has 0 unspecified atom stereocenters. The van der Waals surface area contributed by atoms with Crippen LogP contribution < -0.4 is 5.32 Å². The second kappa shape index (κ2) is 6.07. The molecule has 0 spiro atoms. The molecule has 0 radical (unpaired) electrons. The predicted octanol–water partition coefficient (Wildman–Crippen LogP) is 3.40. The normalized spacial score (nSPS) is 15.0. The van der Waals surface area contributed by atoms with Crippen LogP contribution in [0.2, 0.25) is 0 Å². The first-order chi connectivity index (χ1) is 11.7. The highest BCUT2D eigenvalue weighted by molar-refractivity contribution is 5.95. The largest absolute Gasteiger partial charge is 0.349 e. The fraction of sp³-hybridized carbons (Fsp3) is 0.316. The lowest BCUT2D eigenvalue weighted by atomic mass is 10.1. The zero-order valence-electron chi connectivity index (χ0n) is 13.7. The summed E-state index contributed by atoms with van der Waals surface area (Å²) in [6.07, 6.45) is 8.10. The monoisotopic (exact) mass is 320 g/mol. The summed E-state index contributed by atoms with van der Waals surface area (Å²) in [6, 6.07) is 9.92. The van der Waals surface area contributed by atoms with Crippen molar-refractivity contribution in [3.05, 3.63) is 54.0 Å². The Bertz CT molecular complexity index is 893. The van der Waals surface area contributed by atoms with Gasteiger partial charge in [-0.25, -0.2) is 9.97 Å². The Morgan fingerprint density at radius 1 is 1.21 bits per heavy atom. The minimum atomic E-state index is 0.000491. The van der Waals surface area contributed by atoms with Crippen molar-refractivity contribution in [2.75, 3.05) is 0 Å². The number of aryl methyl sites for hydroxylation is 1. The molecule has 0 atom stereocenters. The number of fused-ring (bicyclic) bond motifs is 1. The lowest BCUT2D eigenvalue weighted by Crippen LogP contribution is -2.32. The van der Waals surface area contributed by atoms with Gasteiger partial charge in [0.2, 0.25) is 0 Å². The quantitative estimate of drug-likeness (QED) is 0.804. The molecule has 1 aliphatic carbocycles. The molecule has 4 rings (SSSR count). The Morgan fingerprint density at radius 2 is 2.04 bits per heavy atom. The fourth-order valence-electron chi connectivity index (χ4n) is 3.37. The van der Waals surface area contributed by atoms with Crippen molar-refractivity contribution in [1.82, 2.24) is 19.9 Å². The molecule has 1 N–H and O–H groups in total. The van der Waals surface area contributed by atoms with E-state index >= 15 is 0 Å². The van der Waals surface area contributed by atoms with Crippen LogP contribution >= 0.6 is 0 Å². The Balaban J connectivity index is 1.69. The van der Waals surface area contributed by atoms with Gasteiger partial charge in [-0.3, -0.25) is 9.36 Å². The maximum Gasteiger partial charge on any atom is 0.251 e. The van der Waals surface area contributed by atoms with E-state index < -0.39 is 0 Å². The summed E-state index contributed by atoms with van der Waals surface area (Å²) in [6.45, 7) is 2.03. The van der Waals surface area contributed by atoms with Crippen LogP contribution in [0.5, 0.6) is 0 Å². The number of rotatable bonds is 3. The van der Waals surface area contributed by atoms with Crippen molar-refractivity contribution in [1.29, 1.82) is 0 Å². The van der Waals surface area contributed by atoms with E-state index in [-0.39, 0.29) is 5.91 Å². The first-order valence-corrected chi connectivity index (χ1v) is 8.42. The molecule has 3 aromatic rings. The van der Waals surface area contributed by atoms with Crippen LogP contribution in [0.3, 0.4) is 0 Å². The van der Waals surface area contributed by atoms with Crippen LogP contribution in [0.25, 0.3) is 16.9 Å². The average molecular weight is 320 g/mol. The fourth-order valence-corrected chi connectivity index (χ4v) is 3.37. The molecule has 0 saturated heterocycles. The molecule has 2 heterocycles. The molecule has 5 heteroatoms. The number of pyridine rings is 1. The third kappa shape index (κ3) is 2.66. The SMILES string of the molecule is Cc1ccc(C(=O)NC2CCCC2)cc1-n1cnc2cccnc21. The van der Waals surface area contributed by atoms with Gasteiger partial charge in [0, 0.05) is 17.8 Å². The standard InChI is InChI=1S/C19H20N4O/c1-13-8-9-14(19(24)22-15-5-2-3-6-15)11-17(13)23-12-21-16-7-4-10-20-18(16)23/h4,7-12,15H,2-3,5-6H2,1H3,(H,22,24). The van der Waals surface area contributed by atoms with Gasteiger partial charge in [-0.15, -0.1) is 0 Å². The summed E-state index contributed by atoms with van der Waals surface area (Å²) >= 11 is 0. The van der Waals surface area contributed by atoms with E-state index in [2.05, 4.69) is 15.3 Å². The highest BCUT2D eigenvalue weighted by Gasteiger charge is 2.19. The number of imidazole rings is 1. The Morgan fingerprint density at radius 3 is 2.88 bits per heavy atom. The van der Waals surface area contributed by atoms with E-state index in [1.165, 1.54) is 12.8 Å². The van der Waals surface area contributed by atoms with Gasteiger partial charge < -0.3 is 5.32 Å². The molecule has 1 saturated carbocycles. The molecule has 2 aromatic heterocycles. The molecule has 122 valence electrons. The van der Waals surface area contributed by atoms with Gasteiger partial charge in [0.05, 0.1) is 5.69 Å². The zero-order chi connectivity index (χ0) is 16.5. The number of hydrogen-bond donors (Lipinski definition) is 1. The van der Waals surface area contributed by atoms with Gasteiger partial charge in [-0.2, -0.15) is 0 Å². The van der Waals surface area contributed by atoms with E-state index in [1.807, 2.05) is 41.8 Å². The third-order valence-corrected chi connectivity index (χ3v) is 4.73. The van der Waals surface area contributed by atoms with E-state index in [0.29, 0.717) is 11.6 Å². The van der Waals surface area contributed by atoms with Crippen molar-refractivity contribution < 1.29 is 4.79 Å². The first-order valence-electron chi connectivity index (χ1n) is 8.42. The Kier molecular flexibility index (Phi) is 3.76. The molecule has 1 amide bonds. The highest BCUT2D eigenvalue weighted by Crippen LogP contribution is 2.22. The minimum absolute atomic E-state index is 0.000491. The molecule has 24 heavy (non-hydrogen) atoms. The Labute approximate surface area is 140 Å². The van der Waals surface area contributed by atoms with Crippen LogP contribution in [-0.4, -0.2) is 26.5 Å². The molecule has 1 fully saturated rings. The lowest BCUT2D eigenvalue weighted by molar-refractivity contribution is 0.0938. The van der Waals surface area contributed by atoms with Crippen molar-refractivity contribution >= 4 is 17.1 Å². The van der Waals surface area contributed by atoms with E-state index in [9.17, 15) is 4.79 Å². The summed E-state index contributed by atoms with van der Waals surface area (Å²) in [4.78, 5) is 21.4. The summed E-state index contributed by atoms with van der Waals surface area (Å²) < 4.78 is 1.94. The molecular formula is C19H20N4O. The van der Waals surface area contributed by atoms with Crippen LogP contribution in [-0.2, 0) is 0 Å². The van der Waals surface area contributed by atoms with Gasteiger partial charge >= 0.3 is 0 Å². The number of amides is 1. The second-order valence-corrected chi connectivity index (χ2v) is 6.42. The van der Waals surface area contributed by atoms with Gasteiger partial charge in [0.1, 0.15) is 11.8 Å². The number of carbonyl (C=O) groups is 1. The van der Waals surface area contributed by atoms with E-state index in [4.69, 9.17) is 0 Å². The maximum absolute atomic E-state index is 12.5. The van der Waals surface area contributed by atoms with Crippen LogP contribution in [0.1, 0.15) is 41.6 Å². The molecular weight excluding hydrogens is 300 g/mol. The zero-order valence-corrected chi connectivity index (χ0v) is 13.7. The van der Waals surface area contributed by atoms with E-state index in [0.717, 1.165) is 35.3 Å². The summed E-state index contributed by atoms with van der Waals surface area (Å²) in [5.74, 6) is 0.000491. The van der Waals surface area contributed by atoms with Crippen molar-refractivity contribution in [3.8, 4) is 5.69 Å². The van der Waals surface area contributed by atoms with Crippen molar-refractivity contribution in [2.24, 2.45) is 0 Å². The van der Waals surface area contributed by atoms with Crippen LogP contribution in [0, 0.1) is 6.92 Å². The number of aromatic nitrogens is 3. The number of nitrogens with zero attached hydrogens (tertiary/aromatic N) is 3. The summed E-state index contributed by atoms with van der Waals surface area (Å²) in [7, 11) is 0. The highest BCUT2D eigenvalue weighted by atomic mass is 16.1. The third-order valence-electron chi connectivity index (χ3n) is 4.73.